The van der Waals surface area contributed by atoms with E-state index in [0.717, 1.165) is 63.5 Å². The van der Waals surface area contributed by atoms with Crippen LogP contribution < -0.4 is 4.74 Å². The van der Waals surface area contributed by atoms with Crippen molar-refractivity contribution in [2.45, 2.75) is 26.3 Å². The molecule has 2 aromatic carbocycles. The monoisotopic (exact) mass is 480 g/mol. The summed E-state index contributed by atoms with van der Waals surface area (Å²) in [5.74, 6) is -0.751. The molecule has 0 aromatic heterocycles. The van der Waals surface area contributed by atoms with Gasteiger partial charge in [-0.3, -0.25) is 9.69 Å². The summed E-state index contributed by atoms with van der Waals surface area (Å²) in [6.45, 7) is 7.64. The predicted molar refractivity (Wildman–Crippen MR) is 131 cm³/mol. The SMILES string of the molecule is Cc1ccc(OCCN2CCC(CN3Cc4ccccc4C3=O)CC2)cc1.O=C(O)C=CC(=O)O. The van der Waals surface area contributed by atoms with Crippen LogP contribution in [0.5, 0.6) is 5.75 Å². The van der Waals surface area contributed by atoms with Crippen LogP contribution >= 0.6 is 0 Å². The Labute approximate surface area is 205 Å². The number of carbonyl (C=O) groups is 3. The predicted octanol–water partition coefficient (Wildman–Crippen LogP) is 3.45. The third-order valence-corrected chi connectivity index (χ3v) is 6.15. The van der Waals surface area contributed by atoms with Crippen LogP contribution in [0.25, 0.3) is 0 Å². The molecule has 2 aliphatic heterocycles. The molecular weight excluding hydrogens is 448 g/mol. The molecule has 1 amide bonds. The quantitative estimate of drug-likeness (QED) is 0.557. The minimum Gasteiger partial charge on any atom is -0.492 e. The molecule has 2 aliphatic rings. The molecule has 0 atom stereocenters. The Morgan fingerprint density at radius 3 is 2.23 bits per heavy atom. The number of aryl methyl sites for hydroxylation is 1. The average Bonchev–Trinajstić information content (AvgIpc) is 3.16. The van der Waals surface area contributed by atoms with Gasteiger partial charge >= 0.3 is 11.9 Å². The first-order valence-corrected chi connectivity index (χ1v) is 11.7. The molecule has 35 heavy (non-hydrogen) atoms. The molecule has 0 bridgehead atoms. The summed E-state index contributed by atoms with van der Waals surface area (Å²) in [7, 11) is 0. The topological polar surface area (TPSA) is 107 Å². The van der Waals surface area contributed by atoms with E-state index >= 15 is 0 Å². The molecule has 4 rings (SSSR count). The summed E-state index contributed by atoms with van der Waals surface area (Å²) in [5, 5.41) is 15.6. The number of aliphatic carboxylic acids is 2. The van der Waals surface area contributed by atoms with E-state index in [-0.39, 0.29) is 5.91 Å². The lowest BCUT2D eigenvalue weighted by Gasteiger charge is -2.33. The normalized spacial score (nSPS) is 16.0. The number of carboxylic acids is 2. The van der Waals surface area contributed by atoms with Gasteiger partial charge in [-0.05, 0) is 62.5 Å². The van der Waals surface area contributed by atoms with Crippen molar-refractivity contribution in [3.63, 3.8) is 0 Å². The average molecular weight is 481 g/mol. The smallest absolute Gasteiger partial charge is 0.328 e. The summed E-state index contributed by atoms with van der Waals surface area (Å²) in [5.41, 5.74) is 3.32. The van der Waals surface area contributed by atoms with Crippen LogP contribution in [-0.4, -0.2) is 70.6 Å². The van der Waals surface area contributed by atoms with E-state index < -0.39 is 11.9 Å². The zero-order chi connectivity index (χ0) is 25.2. The van der Waals surface area contributed by atoms with Crippen molar-refractivity contribution in [1.29, 1.82) is 0 Å². The number of benzene rings is 2. The number of piperidine rings is 1. The lowest BCUT2D eigenvalue weighted by Crippen LogP contribution is -2.40. The molecular formula is C27H32N2O6. The number of amides is 1. The molecule has 0 radical (unpaired) electrons. The molecule has 8 nitrogen and oxygen atoms in total. The van der Waals surface area contributed by atoms with Gasteiger partial charge in [-0.2, -0.15) is 0 Å². The van der Waals surface area contributed by atoms with E-state index in [1.165, 1.54) is 11.1 Å². The van der Waals surface area contributed by atoms with Gasteiger partial charge in [0.25, 0.3) is 5.91 Å². The Balaban J connectivity index is 0.000000371. The molecule has 1 fully saturated rings. The maximum atomic E-state index is 12.5. The Kier molecular flexibility index (Phi) is 9.43. The number of ether oxygens (including phenoxy) is 1. The zero-order valence-corrected chi connectivity index (χ0v) is 19.9. The Morgan fingerprint density at radius 1 is 1.00 bits per heavy atom. The van der Waals surface area contributed by atoms with Crippen molar-refractivity contribution in [3.05, 3.63) is 77.4 Å². The van der Waals surface area contributed by atoms with Gasteiger partial charge in [0.1, 0.15) is 12.4 Å². The van der Waals surface area contributed by atoms with E-state index in [1.807, 2.05) is 35.2 Å². The highest BCUT2D eigenvalue weighted by atomic mass is 16.5. The molecule has 8 heteroatoms. The fourth-order valence-electron chi connectivity index (χ4n) is 4.24. The second-order valence-electron chi connectivity index (χ2n) is 8.80. The van der Waals surface area contributed by atoms with Crippen molar-refractivity contribution < 1.29 is 29.3 Å². The molecule has 0 aliphatic carbocycles. The van der Waals surface area contributed by atoms with E-state index in [0.29, 0.717) is 18.1 Å². The summed E-state index contributed by atoms with van der Waals surface area (Å²) in [4.78, 5) is 36.1. The largest absolute Gasteiger partial charge is 0.492 e. The van der Waals surface area contributed by atoms with Gasteiger partial charge in [-0.15, -0.1) is 0 Å². The number of likely N-dealkylation sites (tertiary alicyclic amines) is 1. The fourth-order valence-corrected chi connectivity index (χ4v) is 4.24. The summed E-state index contributed by atoms with van der Waals surface area (Å²) >= 11 is 0. The maximum Gasteiger partial charge on any atom is 0.328 e. The van der Waals surface area contributed by atoms with Crippen LogP contribution in [0.4, 0.5) is 0 Å². The molecule has 1 saturated heterocycles. The molecule has 186 valence electrons. The van der Waals surface area contributed by atoms with Gasteiger partial charge in [0.05, 0.1) is 0 Å². The summed E-state index contributed by atoms with van der Waals surface area (Å²) < 4.78 is 5.85. The number of fused-ring (bicyclic) bond motifs is 1. The summed E-state index contributed by atoms with van der Waals surface area (Å²) in [6, 6.07) is 16.2. The van der Waals surface area contributed by atoms with E-state index in [2.05, 4.69) is 30.0 Å². The van der Waals surface area contributed by atoms with Crippen molar-refractivity contribution in [1.82, 2.24) is 9.80 Å². The van der Waals surface area contributed by atoms with Crippen LogP contribution in [0.1, 0.15) is 34.3 Å². The van der Waals surface area contributed by atoms with Gasteiger partial charge < -0.3 is 19.8 Å². The van der Waals surface area contributed by atoms with E-state index in [1.54, 1.807) is 0 Å². The van der Waals surface area contributed by atoms with Gasteiger partial charge in [0.15, 0.2) is 0 Å². The third kappa shape index (κ3) is 8.26. The van der Waals surface area contributed by atoms with Gasteiger partial charge in [-0.1, -0.05) is 35.9 Å². The number of rotatable bonds is 8. The van der Waals surface area contributed by atoms with E-state index in [4.69, 9.17) is 14.9 Å². The van der Waals surface area contributed by atoms with Crippen LogP contribution in [-0.2, 0) is 16.1 Å². The highest BCUT2D eigenvalue weighted by Gasteiger charge is 2.30. The Morgan fingerprint density at radius 2 is 1.63 bits per heavy atom. The van der Waals surface area contributed by atoms with E-state index in [9.17, 15) is 14.4 Å². The number of hydrogen-bond acceptors (Lipinski definition) is 5. The summed E-state index contributed by atoms with van der Waals surface area (Å²) in [6.07, 6.45) is 3.43. The molecule has 0 saturated carbocycles. The number of hydrogen-bond donors (Lipinski definition) is 2. The minimum absolute atomic E-state index is 0.208. The zero-order valence-electron chi connectivity index (χ0n) is 19.9. The molecule has 2 heterocycles. The van der Waals surface area contributed by atoms with Gasteiger partial charge in [0.2, 0.25) is 0 Å². The van der Waals surface area contributed by atoms with Crippen molar-refractivity contribution in [2.75, 3.05) is 32.8 Å². The molecule has 2 aromatic rings. The van der Waals surface area contributed by atoms with Crippen molar-refractivity contribution in [3.8, 4) is 5.75 Å². The van der Waals surface area contributed by atoms with Gasteiger partial charge in [-0.25, -0.2) is 9.59 Å². The standard InChI is InChI=1S/C23H28N2O2.C4H4O4/c1-18-6-8-21(9-7-18)27-15-14-24-12-10-19(11-13-24)16-25-17-20-4-2-3-5-22(20)23(25)26;5-3(6)1-2-4(7)8/h2-9,19H,10-17H2,1H3;1-2H,(H,5,6)(H,7,8). The Hall–Kier alpha value is -3.65. The lowest BCUT2D eigenvalue weighted by atomic mass is 9.96. The second-order valence-corrected chi connectivity index (χ2v) is 8.80. The van der Waals surface area contributed by atoms with Crippen LogP contribution in [0.3, 0.4) is 0 Å². The van der Waals surface area contributed by atoms with Crippen LogP contribution in [0.2, 0.25) is 0 Å². The maximum absolute atomic E-state index is 12.5. The first-order valence-electron chi connectivity index (χ1n) is 11.7. The van der Waals surface area contributed by atoms with Crippen LogP contribution in [0.15, 0.2) is 60.7 Å². The van der Waals surface area contributed by atoms with Crippen molar-refractivity contribution >= 4 is 17.8 Å². The van der Waals surface area contributed by atoms with Gasteiger partial charge in [0, 0.05) is 37.3 Å². The first kappa shape index (κ1) is 26.0. The second kappa shape index (κ2) is 12.7. The third-order valence-electron chi connectivity index (χ3n) is 6.15. The van der Waals surface area contributed by atoms with Crippen LogP contribution in [0, 0.1) is 12.8 Å². The number of carbonyl (C=O) groups excluding carboxylic acids is 1. The molecule has 0 spiro atoms. The highest BCUT2D eigenvalue weighted by Crippen LogP contribution is 2.26. The minimum atomic E-state index is -1.26. The van der Waals surface area contributed by atoms with Crippen molar-refractivity contribution in [2.24, 2.45) is 5.92 Å². The molecule has 0 unspecified atom stereocenters. The fraction of sp³-hybridized carbons (Fsp3) is 0.370. The highest BCUT2D eigenvalue weighted by molar-refractivity contribution is 5.98. The first-order chi connectivity index (χ1) is 16.8. The number of nitrogens with zero attached hydrogens (tertiary/aromatic N) is 2. The Bertz CT molecular complexity index is 1030. The lowest BCUT2D eigenvalue weighted by molar-refractivity contribution is -0.134. The molecule has 2 N–H and O–H groups in total. The number of carboxylic acid groups (broad SMARTS) is 2.